The third kappa shape index (κ3) is 6.57. The predicted molar refractivity (Wildman–Crippen MR) is 83.8 cm³/mol. The Labute approximate surface area is 121 Å². The number of nitrogens with two attached hydrogens (primary N) is 1. The first-order valence-electron chi connectivity index (χ1n) is 7.37. The largest absolute Gasteiger partial charge is 0.399 e. The van der Waals surface area contributed by atoms with E-state index in [0.717, 1.165) is 30.7 Å². The number of anilines is 2. The number of hydrogen-bond donors (Lipinski definition) is 2. The summed E-state index contributed by atoms with van der Waals surface area (Å²) in [5.74, 6) is 0.0101. The molecule has 1 aromatic carbocycles. The van der Waals surface area contributed by atoms with E-state index in [4.69, 9.17) is 10.5 Å². The van der Waals surface area contributed by atoms with Crippen LogP contribution in [0, 0.1) is 6.92 Å². The standard InChI is InChI=1S/C16H26N2O2/c1-3-4-5-10-20-11-6-7-16(19)18-15-12-14(17)9-8-13(15)2/h8-9,12H,3-7,10-11,17H2,1-2H3,(H,18,19). The maximum atomic E-state index is 11.8. The molecular formula is C16H26N2O2. The van der Waals surface area contributed by atoms with Gasteiger partial charge in [-0.2, -0.15) is 0 Å². The number of amides is 1. The number of benzene rings is 1. The first kappa shape index (κ1) is 16.5. The lowest BCUT2D eigenvalue weighted by atomic mass is 10.1. The van der Waals surface area contributed by atoms with Crippen molar-refractivity contribution >= 4 is 17.3 Å². The number of carbonyl (C=O) groups is 1. The van der Waals surface area contributed by atoms with Crippen molar-refractivity contribution in [1.82, 2.24) is 0 Å². The number of hydrogen-bond acceptors (Lipinski definition) is 3. The minimum atomic E-state index is 0.0101. The third-order valence-corrected chi connectivity index (χ3v) is 3.12. The monoisotopic (exact) mass is 278 g/mol. The van der Waals surface area contributed by atoms with Crippen LogP contribution in [0.25, 0.3) is 0 Å². The summed E-state index contributed by atoms with van der Waals surface area (Å²) in [6.07, 6.45) is 4.73. The Morgan fingerprint density at radius 1 is 1.25 bits per heavy atom. The average molecular weight is 278 g/mol. The molecule has 0 radical (unpaired) electrons. The van der Waals surface area contributed by atoms with Crippen molar-refractivity contribution in [3.05, 3.63) is 23.8 Å². The second-order valence-electron chi connectivity index (χ2n) is 5.05. The fourth-order valence-corrected chi connectivity index (χ4v) is 1.88. The highest BCUT2D eigenvalue weighted by Crippen LogP contribution is 2.18. The minimum absolute atomic E-state index is 0.0101. The van der Waals surface area contributed by atoms with Crippen LogP contribution in [-0.2, 0) is 9.53 Å². The second kappa shape index (κ2) is 9.37. The lowest BCUT2D eigenvalue weighted by molar-refractivity contribution is -0.116. The van der Waals surface area contributed by atoms with Gasteiger partial charge < -0.3 is 15.8 Å². The summed E-state index contributed by atoms with van der Waals surface area (Å²) in [6.45, 7) is 5.56. The van der Waals surface area contributed by atoms with E-state index in [-0.39, 0.29) is 5.91 Å². The molecule has 0 heterocycles. The Morgan fingerprint density at radius 3 is 2.75 bits per heavy atom. The van der Waals surface area contributed by atoms with E-state index < -0.39 is 0 Å². The molecule has 0 fully saturated rings. The van der Waals surface area contributed by atoms with Gasteiger partial charge >= 0.3 is 0 Å². The van der Waals surface area contributed by atoms with Crippen molar-refractivity contribution in [1.29, 1.82) is 0 Å². The molecule has 1 amide bonds. The number of rotatable bonds is 9. The Kier molecular flexibility index (Phi) is 7.73. The highest BCUT2D eigenvalue weighted by atomic mass is 16.5. The predicted octanol–water partition coefficient (Wildman–Crippen LogP) is 3.50. The normalized spacial score (nSPS) is 10.5. The van der Waals surface area contributed by atoms with Crippen molar-refractivity contribution in [2.24, 2.45) is 0 Å². The number of nitrogen functional groups attached to an aromatic ring is 1. The van der Waals surface area contributed by atoms with Crippen molar-refractivity contribution < 1.29 is 9.53 Å². The molecule has 112 valence electrons. The van der Waals surface area contributed by atoms with Gasteiger partial charge in [0.05, 0.1) is 0 Å². The Hall–Kier alpha value is -1.55. The molecule has 1 rings (SSSR count). The first-order chi connectivity index (χ1) is 9.63. The van der Waals surface area contributed by atoms with Crippen LogP contribution in [0.1, 0.15) is 44.6 Å². The zero-order valence-corrected chi connectivity index (χ0v) is 12.6. The minimum Gasteiger partial charge on any atom is -0.399 e. The Bertz CT molecular complexity index is 419. The summed E-state index contributed by atoms with van der Waals surface area (Å²) < 4.78 is 5.48. The molecule has 0 bridgehead atoms. The fraction of sp³-hybridized carbons (Fsp3) is 0.562. The van der Waals surface area contributed by atoms with E-state index in [0.29, 0.717) is 18.7 Å². The van der Waals surface area contributed by atoms with E-state index in [2.05, 4.69) is 12.2 Å². The maximum Gasteiger partial charge on any atom is 0.224 e. The topological polar surface area (TPSA) is 64.3 Å². The van der Waals surface area contributed by atoms with Crippen molar-refractivity contribution in [2.45, 2.75) is 46.0 Å². The molecule has 4 heteroatoms. The maximum absolute atomic E-state index is 11.8. The number of ether oxygens (including phenoxy) is 1. The van der Waals surface area contributed by atoms with Crippen LogP contribution in [0.5, 0.6) is 0 Å². The van der Waals surface area contributed by atoms with Gasteiger partial charge in [0.15, 0.2) is 0 Å². The van der Waals surface area contributed by atoms with Gasteiger partial charge in [-0.05, 0) is 37.5 Å². The molecule has 4 nitrogen and oxygen atoms in total. The molecule has 0 unspecified atom stereocenters. The number of carbonyl (C=O) groups excluding carboxylic acids is 1. The average Bonchev–Trinajstić information content (AvgIpc) is 2.42. The van der Waals surface area contributed by atoms with Gasteiger partial charge in [-0.3, -0.25) is 4.79 Å². The zero-order chi connectivity index (χ0) is 14.8. The van der Waals surface area contributed by atoms with Crippen LogP contribution in [0.3, 0.4) is 0 Å². The summed E-state index contributed by atoms with van der Waals surface area (Å²) in [6, 6.07) is 5.52. The van der Waals surface area contributed by atoms with Gasteiger partial charge in [-0.15, -0.1) is 0 Å². The van der Waals surface area contributed by atoms with Gasteiger partial charge in [-0.25, -0.2) is 0 Å². The highest BCUT2D eigenvalue weighted by molar-refractivity contribution is 5.91. The zero-order valence-electron chi connectivity index (χ0n) is 12.6. The van der Waals surface area contributed by atoms with Crippen molar-refractivity contribution in [3.8, 4) is 0 Å². The van der Waals surface area contributed by atoms with Crippen LogP contribution >= 0.6 is 0 Å². The second-order valence-corrected chi connectivity index (χ2v) is 5.05. The smallest absolute Gasteiger partial charge is 0.224 e. The molecule has 0 aliphatic rings. The third-order valence-electron chi connectivity index (χ3n) is 3.12. The van der Waals surface area contributed by atoms with Crippen molar-refractivity contribution in [2.75, 3.05) is 24.3 Å². The summed E-state index contributed by atoms with van der Waals surface area (Å²) >= 11 is 0. The molecule has 0 aromatic heterocycles. The lowest BCUT2D eigenvalue weighted by Crippen LogP contribution is -2.13. The summed E-state index contributed by atoms with van der Waals surface area (Å²) in [5.41, 5.74) is 8.18. The molecule has 20 heavy (non-hydrogen) atoms. The Morgan fingerprint density at radius 2 is 2.00 bits per heavy atom. The molecule has 0 spiro atoms. The number of aryl methyl sites for hydroxylation is 1. The number of nitrogens with one attached hydrogen (secondary N) is 1. The van der Waals surface area contributed by atoms with E-state index >= 15 is 0 Å². The number of unbranched alkanes of at least 4 members (excludes halogenated alkanes) is 2. The van der Waals surface area contributed by atoms with Crippen molar-refractivity contribution in [3.63, 3.8) is 0 Å². The highest BCUT2D eigenvalue weighted by Gasteiger charge is 2.05. The van der Waals surface area contributed by atoms with Gasteiger partial charge in [0.2, 0.25) is 5.91 Å². The molecule has 0 saturated carbocycles. The molecule has 0 atom stereocenters. The molecular weight excluding hydrogens is 252 g/mol. The van der Waals surface area contributed by atoms with Gasteiger partial charge in [0, 0.05) is 31.0 Å². The summed E-state index contributed by atoms with van der Waals surface area (Å²) in [7, 11) is 0. The van der Waals surface area contributed by atoms with Crippen LogP contribution in [0.2, 0.25) is 0 Å². The molecule has 1 aromatic rings. The molecule has 0 saturated heterocycles. The van der Waals surface area contributed by atoms with Gasteiger partial charge in [-0.1, -0.05) is 25.8 Å². The van der Waals surface area contributed by atoms with Crippen LogP contribution < -0.4 is 11.1 Å². The quantitative estimate of drug-likeness (QED) is 0.536. The van der Waals surface area contributed by atoms with Crippen LogP contribution in [-0.4, -0.2) is 19.1 Å². The molecule has 3 N–H and O–H groups in total. The fourth-order valence-electron chi connectivity index (χ4n) is 1.88. The van der Waals surface area contributed by atoms with Gasteiger partial charge in [0.25, 0.3) is 0 Å². The summed E-state index contributed by atoms with van der Waals surface area (Å²) in [4.78, 5) is 11.8. The van der Waals surface area contributed by atoms with Crippen LogP contribution in [0.4, 0.5) is 11.4 Å². The van der Waals surface area contributed by atoms with E-state index in [9.17, 15) is 4.79 Å². The van der Waals surface area contributed by atoms with E-state index in [1.165, 1.54) is 12.8 Å². The molecule has 0 aliphatic heterocycles. The van der Waals surface area contributed by atoms with Crippen LogP contribution in [0.15, 0.2) is 18.2 Å². The van der Waals surface area contributed by atoms with E-state index in [1.54, 1.807) is 6.07 Å². The van der Waals surface area contributed by atoms with Gasteiger partial charge in [0.1, 0.15) is 0 Å². The van der Waals surface area contributed by atoms with E-state index in [1.807, 2.05) is 19.1 Å². The molecule has 0 aliphatic carbocycles. The Balaban J connectivity index is 2.19. The SMILES string of the molecule is CCCCCOCCCC(=O)Nc1cc(N)ccc1C. The lowest BCUT2D eigenvalue weighted by Gasteiger charge is -2.09. The summed E-state index contributed by atoms with van der Waals surface area (Å²) in [5, 5.41) is 2.89. The first-order valence-corrected chi connectivity index (χ1v) is 7.37.